The van der Waals surface area contributed by atoms with Gasteiger partial charge in [0.2, 0.25) is 0 Å². The van der Waals surface area contributed by atoms with Crippen LogP contribution < -0.4 is 9.64 Å². The zero-order chi connectivity index (χ0) is 18.5. The Morgan fingerprint density at radius 2 is 1.85 bits per heavy atom. The highest BCUT2D eigenvalue weighted by Crippen LogP contribution is 2.34. The molecule has 4 nitrogen and oxygen atoms in total. The van der Waals surface area contributed by atoms with Crippen LogP contribution in [0.4, 0.5) is 5.69 Å². The van der Waals surface area contributed by atoms with Gasteiger partial charge in [-0.05, 0) is 74.6 Å². The first-order valence-corrected chi connectivity index (χ1v) is 9.78. The molecular weight excluding hydrogens is 336 g/mol. The number of rotatable bonds is 3. The predicted molar refractivity (Wildman–Crippen MR) is 107 cm³/mol. The van der Waals surface area contributed by atoms with Crippen molar-refractivity contribution in [1.29, 1.82) is 0 Å². The van der Waals surface area contributed by atoms with E-state index in [1.54, 1.807) is 0 Å². The van der Waals surface area contributed by atoms with Crippen molar-refractivity contribution in [3.05, 3.63) is 59.3 Å². The van der Waals surface area contributed by atoms with E-state index in [4.69, 9.17) is 4.74 Å². The fraction of sp³-hybridized carbons (Fsp3) is 0.348. The zero-order valence-electron chi connectivity index (χ0n) is 15.9. The Balaban J connectivity index is 1.44. The smallest absolute Gasteiger partial charge is 0.259 e. The summed E-state index contributed by atoms with van der Waals surface area (Å²) >= 11 is 0. The van der Waals surface area contributed by atoms with Gasteiger partial charge in [-0.25, -0.2) is 0 Å². The Morgan fingerprint density at radius 3 is 2.67 bits per heavy atom. The van der Waals surface area contributed by atoms with Crippen molar-refractivity contribution in [2.45, 2.75) is 45.3 Å². The van der Waals surface area contributed by atoms with E-state index in [1.807, 2.05) is 29.2 Å². The standard InChI is InChI=1S/C23H24N2O2/c1-15-11-17-12-18(8-10-22(17)24(15)2)25-14-16-7-9-20(13-21(16)23(25)26)27-19-5-3-4-6-19/h7-13,19H,3-6,14H2,1-2H3. The predicted octanol–water partition coefficient (Wildman–Crippen LogP) is 4.97. The number of aromatic nitrogens is 1. The van der Waals surface area contributed by atoms with E-state index in [0.29, 0.717) is 12.6 Å². The van der Waals surface area contributed by atoms with Crippen molar-refractivity contribution in [2.24, 2.45) is 7.05 Å². The molecule has 0 N–H and O–H groups in total. The minimum atomic E-state index is 0.0638. The summed E-state index contributed by atoms with van der Waals surface area (Å²) < 4.78 is 8.26. The molecule has 0 saturated heterocycles. The van der Waals surface area contributed by atoms with Crippen molar-refractivity contribution in [3.8, 4) is 5.75 Å². The van der Waals surface area contributed by atoms with Gasteiger partial charge in [0.05, 0.1) is 12.6 Å². The summed E-state index contributed by atoms with van der Waals surface area (Å²) in [5.74, 6) is 0.888. The van der Waals surface area contributed by atoms with Crippen LogP contribution in [0.15, 0.2) is 42.5 Å². The van der Waals surface area contributed by atoms with Gasteiger partial charge >= 0.3 is 0 Å². The van der Waals surface area contributed by atoms with Gasteiger partial charge in [0.15, 0.2) is 0 Å². The number of aryl methyl sites for hydroxylation is 2. The van der Waals surface area contributed by atoms with Gasteiger partial charge in [-0.1, -0.05) is 6.07 Å². The molecule has 2 heterocycles. The molecule has 1 fully saturated rings. The maximum Gasteiger partial charge on any atom is 0.259 e. The molecule has 1 amide bonds. The van der Waals surface area contributed by atoms with E-state index in [-0.39, 0.29) is 5.91 Å². The summed E-state index contributed by atoms with van der Waals surface area (Å²) in [5, 5.41) is 1.17. The molecule has 1 aliphatic heterocycles. The molecule has 27 heavy (non-hydrogen) atoms. The average Bonchev–Trinajstić information content (AvgIpc) is 3.36. The van der Waals surface area contributed by atoms with E-state index in [0.717, 1.165) is 35.4 Å². The monoisotopic (exact) mass is 360 g/mol. The number of amides is 1. The summed E-state index contributed by atoms with van der Waals surface area (Å²) in [4.78, 5) is 14.9. The Kier molecular flexibility index (Phi) is 3.74. The summed E-state index contributed by atoms with van der Waals surface area (Å²) in [6, 6.07) is 14.4. The largest absolute Gasteiger partial charge is 0.490 e. The highest BCUT2D eigenvalue weighted by Gasteiger charge is 2.29. The maximum atomic E-state index is 13.1. The number of hydrogen-bond acceptors (Lipinski definition) is 2. The molecule has 1 saturated carbocycles. The number of carbonyl (C=O) groups is 1. The molecule has 0 atom stereocenters. The Hall–Kier alpha value is -2.75. The van der Waals surface area contributed by atoms with Crippen molar-refractivity contribution < 1.29 is 9.53 Å². The summed E-state index contributed by atoms with van der Waals surface area (Å²) in [7, 11) is 2.07. The molecule has 0 bridgehead atoms. The number of carbonyl (C=O) groups excluding carboxylic acids is 1. The number of nitrogens with zero attached hydrogens (tertiary/aromatic N) is 2. The van der Waals surface area contributed by atoms with Gasteiger partial charge < -0.3 is 14.2 Å². The Bertz CT molecular complexity index is 1040. The molecule has 1 aliphatic carbocycles. The SMILES string of the molecule is Cc1cc2cc(N3Cc4ccc(OC5CCCC5)cc4C3=O)ccc2n1C. The van der Waals surface area contributed by atoms with E-state index >= 15 is 0 Å². The molecule has 3 aromatic rings. The van der Waals surface area contributed by atoms with E-state index in [2.05, 4.69) is 36.7 Å². The third-order valence-electron chi connectivity index (χ3n) is 6.07. The van der Waals surface area contributed by atoms with Crippen LogP contribution >= 0.6 is 0 Å². The van der Waals surface area contributed by atoms with Gasteiger partial charge in [0.1, 0.15) is 5.75 Å². The molecule has 4 heteroatoms. The van der Waals surface area contributed by atoms with Crippen LogP contribution in [0.3, 0.4) is 0 Å². The molecule has 5 rings (SSSR count). The number of anilines is 1. The minimum absolute atomic E-state index is 0.0638. The van der Waals surface area contributed by atoms with E-state index in [1.165, 1.54) is 29.4 Å². The maximum absolute atomic E-state index is 13.1. The van der Waals surface area contributed by atoms with Gasteiger partial charge in [0.25, 0.3) is 5.91 Å². The number of ether oxygens (including phenoxy) is 1. The summed E-state index contributed by atoms with van der Waals surface area (Å²) in [5.41, 5.74) is 5.20. The van der Waals surface area contributed by atoms with Crippen LogP contribution in [0.2, 0.25) is 0 Å². The molecule has 0 spiro atoms. The molecule has 2 aromatic carbocycles. The first-order chi connectivity index (χ1) is 13.1. The quantitative estimate of drug-likeness (QED) is 0.661. The third kappa shape index (κ3) is 2.71. The van der Waals surface area contributed by atoms with Crippen LogP contribution in [-0.4, -0.2) is 16.6 Å². The van der Waals surface area contributed by atoms with Crippen LogP contribution in [-0.2, 0) is 13.6 Å². The lowest BCUT2D eigenvalue weighted by Gasteiger charge is -2.16. The first kappa shape index (κ1) is 16.4. The lowest BCUT2D eigenvalue weighted by atomic mass is 10.1. The van der Waals surface area contributed by atoms with Crippen LogP contribution in [0.25, 0.3) is 10.9 Å². The van der Waals surface area contributed by atoms with Crippen molar-refractivity contribution in [3.63, 3.8) is 0 Å². The lowest BCUT2D eigenvalue weighted by Crippen LogP contribution is -2.22. The molecule has 2 aliphatic rings. The van der Waals surface area contributed by atoms with Crippen molar-refractivity contribution in [2.75, 3.05) is 4.90 Å². The van der Waals surface area contributed by atoms with Gasteiger partial charge in [-0.15, -0.1) is 0 Å². The zero-order valence-corrected chi connectivity index (χ0v) is 15.9. The first-order valence-electron chi connectivity index (χ1n) is 9.78. The number of fused-ring (bicyclic) bond motifs is 2. The molecule has 0 radical (unpaired) electrons. The van der Waals surface area contributed by atoms with Crippen molar-refractivity contribution >= 4 is 22.5 Å². The van der Waals surface area contributed by atoms with E-state index in [9.17, 15) is 4.79 Å². The normalized spacial score (nSPS) is 17.1. The highest BCUT2D eigenvalue weighted by atomic mass is 16.5. The molecular formula is C23H24N2O2. The number of hydrogen-bond donors (Lipinski definition) is 0. The van der Waals surface area contributed by atoms with Gasteiger partial charge in [-0.2, -0.15) is 0 Å². The highest BCUT2D eigenvalue weighted by molar-refractivity contribution is 6.10. The second-order valence-electron chi connectivity index (χ2n) is 7.82. The fourth-order valence-corrected chi connectivity index (χ4v) is 4.40. The molecule has 138 valence electrons. The van der Waals surface area contributed by atoms with Gasteiger partial charge in [-0.3, -0.25) is 4.79 Å². The third-order valence-corrected chi connectivity index (χ3v) is 6.07. The van der Waals surface area contributed by atoms with Crippen LogP contribution in [0.5, 0.6) is 5.75 Å². The van der Waals surface area contributed by atoms with E-state index < -0.39 is 0 Å². The Morgan fingerprint density at radius 1 is 1.04 bits per heavy atom. The van der Waals surface area contributed by atoms with Gasteiger partial charge in [0, 0.05) is 34.9 Å². The fourth-order valence-electron chi connectivity index (χ4n) is 4.40. The van der Waals surface area contributed by atoms with Crippen molar-refractivity contribution in [1.82, 2.24) is 4.57 Å². The number of benzene rings is 2. The average molecular weight is 360 g/mol. The summed E-state index contributed by atoms with van der Waals surface area (Å²) in [6.07, 6.45) is 5.02. The molecule has 0 unspecified atom stereocenters. The summed E-state index contributed by atoms with van der Waals surface area (Å²) in [6.45, 7) is 2.72. The van der Waals surface area contributed by atoms with Crippen LogP contribution in [0, 0.1) is 6.92 Å². The van der Waals surface area contributed by atoms with Crippen LogP contribution in [0.1, 0.15) is 47.3 Å². The lowest BCUT2D eigenvalue weighted by molar-refractivity contribution is 0.0996. The second kappa shape index (κ2) is 6.15. The molecule has 1 aromatic heterocycles. The second-order valence-corrected chi connectivity index (χ2v) is 7.82. The Labute approximate surface area is 159 Å². The topological polar surface area (TPSA) is 34.5 Å². The minimum Gasteiger partial charge on any atom is -0.490 e.